The van der Waals surface area contributed by atoms with Gasteiger partial charge in [-0.2, -0.15) is 0 Å². The van der Waals surface area contributed by atoms with E-state index in [0.29, 0.717) is 11.7 Å². The van der Waals surface area contributed by atoms with Gasteiger partial charge >= 0.3 is 0 Å². The average molecular weight is 207 g/mol. The largest absolute Gasteiger partial charge is 0.296 e. The number of hydrogen-bond donors (Lipinski definition) is 0. The Labute approximate surface area is 89.7 Å². The van der Waals surface area contributed by atoms with Crippen LogP contribution in [0.25, 0.3) is 0 Å². The minimum atomic E-state index is 0.383. The standard InChI is InChI=1S/C11H17N3O/c1-9-11(8-15)14(13-12-9)10-6-4-2-3-5-7-10/h8,10H,2-7H2,1H3. The normalized spacial score (nSPS) is 18.7. The van der Waals surface area contributed by atoms with Crippen LogP contribution in [-0.4, -0.2) is 21.3 Å². The molecule has 0 N–H and O–H groups in total. The first-order valence-corrected chi connectivity index (χ1v) is 5.70. The first kappa shape index (κ1) is 10.3. The minimum Gasteiger partial charge on any atom is -0.296 e. The lowest BCUT2D eigenvalue weighted by Crippen LogP contribution is -2.13. The summed E-state index contributed by atoms with van der Waals surface area (Å²) < 4.78 is 1.83. The predicted molar refractivity (Wildman–Crippen MR) is 56.9 cm³/mol. The molecule has 82 valence electrons. The van der Waals surface area contributed by atoms with Gasteiger partial charge in [-0.25, -0.2) is 4.68 Å². The lowest BCUT2D eigenvalue weighted by atomic mass is 10.1. The predicted octanol–water partition coefficient (Wildman–Crippen LogP) is 2.29. The van der Waals surface area contributed by atoms with E-state index < -0.39 is 0 Å². The molecule has 1 aromatic heterocycles. The molecule has 1 fully saturated rings. The maximum absolute atomic E-state index is 10.9. The van der Waals surface area contributed by atoms with E-state index in [0.717, 1.165) is 24.8 Å². The zero-order chi connectivity index (χ0) is 10.7. The van der Waals surface area contributed by atoms with Gasteiger partial charge in [-0.05, 0) is 19.8 Å². The molecular formula is C11H17N3O. The molecule has 1 aliphatic rings. The fourth-order valence-electron chi connectivity index (χ4n) is 2.29. The molecule has 4 nitrogen and oxygen atoms in total. The summed E-state index contributed by atoms with van der Waals surface area (Å²) in [7, 11) is 0. The van der Waals surface area contributed by atoms with Crippen molar-refractivity contribution in [2.75, 3.05) is 0 Å². The van der Waals surface area contributed by atoms with Gasteiger partial charge in [-0.1, -0.05) is 30.9 Å². The lowest BCUT2D eigenvalue weighted by Gasteiger charge is -2.14. The number of nitrogens with zero attached hydrogens (tertiary/aromatic N) is 3. The summed E-state index contributed by atoms with van der Waals surface area (Å²) in [5.74, 6) is 0. The summed E-state index contributed by atoms with van der Waals surface area (Å²) in [5, 5.41) is 8.06. The first-order chi connectivity index (χ1) is 7.33. The number of hydrogen-bond acceptors (Lipinski definition) is 3. The molecule has 0 unspecified atom stereocenters. The van der Waals surface area contributed by atoms with Crippen molar-refractivity contribution in [3.63, 3.8) is 0 Å². The fraction of sp³-hybridized carbons (Fsp3) is 0.727. The van der Waals surface area contributed by atoms with Crippen molar-refractivity contribution < 1.29 is 4.79 Å². The summed E-state index contributed by atoms with van der Waals surface area (Å²) in [6, 6.07) is 0.383. The molecule has 4 heteroatoms. The van der Waals surface area contributed by atoms with E-state index in [4.69, 9.17) is 0 Å². The van der Waals surface area contributed by atoms with E-state index in [-0.39, 0.29) is 0 Å². The van der Waals surface area contributed by atoms with Crippen LogP contribution in [0, 0.1) is 6.92 Å². The van der Waals surface area contributed by atoms with E-state index in [2.05, 4.69) is 10.3 Å². The Bertz CT molecular complexity index is 338. The van der Waals surface area contributed by atoms with Crippen LogP contribution in [0.3, 0.4) is 0 Å². The van der Waals surface area contributed by atoms with Crippen molar-refractivity contribution in [2.24, 2.45) is 0 Å². The van der Waals surface area contributed by atoms with Crippen LogP contribution in [0.5, 0.6) is 0 Å². The van der Waals surface area contributed by atoms with Gasteiger partial charge in [0.05, 0.1) is 11.7 Å². The van der Waals surface area contributed by atoms with Gasteiger partial charge in [0.25, 0.3) is 0 Å². The second kappa shape index (κ2) is 4.55. The third-order valence-electron chi connectivity index (χ3n) is 3.19. The highest BCUT2D eigenvalue weighted by Crippen LogP contribution is 2.27. The Morgan fingerprint density at radius 2 is 1.93 bits per heavy atom. The summed E-state index contributed by atoms with van der Waals surface area (Å²) >= 11 is 0. The second-order valence-corrected chi connectivity index (χ2v) is 4.27. The van der Waals surface area contributed by atoms with Crippen LogP contribution in [0.1, 0.15) is 60.7 Å². The zero-order valence-corrected chi connectivity index (χ0v) is 9.15. The molecule has 1 saturated carbocycles. The van der Waals surface area contributed by atoms with Crippen LogP contribution in [0.15, 0.2) is 0 Å². The van der Waals surface area contributed by atoms with Gasteiger partial charge < -0.3 is 0 Å². The van der Waals surface area contributed by atoms with Crippen LogP contribution in [-0.2, 0) is 0 Å². The van der Waals surface area contributed by atoms with E-state index in [1.54, 1.807) is 0 Å². The van der Waals surface area contributed by atoms with Crippen molar-refractivity contribution in [1.29, 1.82) is 0 Å². The van der Waals surface area contributed by atoms with Crippen LogP contribution in [0.4, 0.5) is 0 Å². The molecule has 0 bridgehead atoms. The number of aryl methyl sites for hydroxylation is 1. The monoisotopic (exact) mass is 207 g/mol. The molecule has 0 spiro atoms. The van der Waals surface area contributed by atoms with Crippen molar-refractivity contribution in [1.82, 2.24) is 15.0 Å². The molecular weight excluding hydrogens is 190 g/mol. The van der Waals surface area contributed by atoms with Crippen LogP contribution >= 0.6 is 0 Å². The van der Waals surface area contributed by atoms with Crippen molar-refractivity contribution in [3.8, 4) is 0 Å². The summed E-state index contributed by atoms with van der Waals surface area (Å²) in [5.41, 5.74) is 1.40. The van der Waals surface area contributed by atoms with Crippen molar-refractivity contribution in [3.05, 3.63) is 11.4 Å². The molecule has 0 atom stereocenters. The third kappa shape index (κ3) is 2.08. The second-order valence-electron chi connectivity index (χ2n) is 4.27. The number of aromatic nitrogens is 3. The van der Waals surface area contributed by atoms with Gasteiger partial charge in [-0.3, -0.25) is 4.79 Å². The average Bonchev–Trinajstić information content (AvgIpc) is 2.48. The van der Waals surface area contributed by atoms with Crippen molar-refractivity contribution >= 4 is 6.29 Å². The first-order valence-electron chi connectivity index (χ1n) is 5.70. The number of carbonyl (C=O) groups is 1. The van der Waals surface area contributed by atoms with E-state index in [1.807, 2.05) is 11.6 Å². The smallest absolute Gasteiger partial charge is 0.170 e. The molecule has 1 aromatic rings. The van der Waals surface area contributed by atoms with Gasteiger partial charge in [0.15, 0.2) is 6.29 Å². The molecule has 0 aromatic carbocycles. The van der Waals surface area contributed by atoms with Gasteiger partial charge in [0, 0.05) is 0 Å². The van der Waals surface area contributed by atoms with Gasteiger partial charge in [0.2, 0.25) is 0 Å². The summed E-state index contributed by atoms with van der Waals surface area (Å²) in [6.07, 6.45) is 8.22. The van der Waals surface area contributed by atoms with Gasteiger partial charge in [0.1, 0.15) is 5.69 Å². The van der Waals surface area contributed by atoms with Gasteiger partial charge in [-0.15, -0.1) is 5.10 Å². The molecule has 0 radical (unpaired) electrons. The van der Waals surface area contributed by atoms with Crippen LogP contribution < -0.4 is 0 Å². The van der Waals surface area contributed by atoms with Crippen molar-refractivity contribution in [2.45, 2.75) is 51.5 Å². The molecule has 1 aliphatic carbocycles. The van der Waals surface area contributed by atoms with Crippen LogP contribution in [0.2, 0.25) is 0 Å². The third-order valence-corrected chi connectivity index (χ3v) is 3.19. The number of rotatable bonds is 2. The van der Waals surface area contributed by atoms with E-state index >= 15 is 0 Å². The molecule has 0 saturated heterocycles. The highest BCUT2D eigenvalue weighted by Gasteiger charge is 2.19. The zero-order valence-electron chi connectivity index (χ0n) is 9.15. The Balaban J connectivity index is 2.22. The molecule has 0 aliphatic heterocycles. The summed E-state index contributed by atoms with van der Waals surface area (Å²) in [4.78, 5) is 10.9. The Hall–Kier alpha value is -1.19. The molecule has 1 heterocycles. The molecule has 2 rings (SSSR count). The Morgan fingerprint density at radius 1 is 1.27 bits per heavy atom. The van der Waals surface area contributed by atoms with E-state index in [1.165, 1.54) is 25.7 Å². The minimum absolute atomic E-state index is 0.383. The van der Waals surface area contributed by atoms with E-state index in [9.17, 15) is 4.79 Å². The quantitative estimate of drug-likeness (QED) is 0.552. The fourth-order valence-corrected chi connectivity index (χ4v) is 2.29. The molecule has 15 heavy (non-hydrogen) atoms. The maximum atomic E-state index is 10.9. The Kier molecular flexibility index (Phi) is 3.14. The summed E-state index contributed by atoms with van der Waals surface area (Å²) in [6.45, 7) is 1.84. The number of aldehydes is 1. The topological polar surface area (TPSA) is 47.8 Å². The Morgan fingerprint density at radius 3 is 2.53 bits per heavy atom. The highest BCUT2D eigenvalue weighted by atomic mass is 16.1. The molecule has 0 amide bonds. The highest BCUT2D eigenvalue weighted by molar-refractivity contribution is 5.73. The maximum Gasteiger partial charge on any atom is 0.170 e. The number of carbonyl (C=O) groups excluding carboxylic acids is 1. The lowest BCUT2D eigenvalue weighted by molar-refractivity contribution is 0.111. The SMILES string of the molecule is Cc1nnn(C2CCCCCC2)c1C=O.